The molecule has 1 aliphatic carbocycles. The quantitative estimate of drug-likeness (QED) is 0.825. The average Bonchev–Trinajstić information content (AvgIpc) is 2.44. The van der Waals surface area contributed by atoms with Gasteiger partial charge >= 0.3 is 12.0 Å². The number of hydrogen-bond acceptors (Lipinski definition) is 3. The number of nitrogens with zero attached hydrogens (tertiary/aromatic N) is 1. The fraction of sp³-hybridized carbons (Fsp3) is 0.867. The third kappa shape index (κ3) is 3.00. The lowest BCUT2D eigenvalue weighted by Crippen LogP contribution is -2.70. The van der Waals surface area contributed by atoms with Crippen molar-refractivity contribution in [3.05, 3.63) is 0 Å². The first-order chi connectivity index (χ1) is 9.75. The molecule has 21 heavy (non-hydrogen) atoms. The lowest BCUT2D eigenvalue weighted by atomic mass is 9.55. The molecule has 6 heteroatoms. The monoisotopic (exact) mass is 298 g/mol. The zero-order valence-electron chi connectivity index (χ0n) is 13.3. The van der Waals surface area contributed by atoms with Crippen molar-refractivity contribution in [1.29, 1.82) is 0 Å². The third-order valence-electron chi connectivity index (χ3n) is 4.93. The predicted molar refractivity (Wildman–Crippen MR) is 78.0 cm³/mol. The molecule has 1 heterocycles. The molecule has 2 aliphatic rings. The van der Waals surface area contributed by atoms with Crippen molar-refractivity contribution in [2.24, 2.45) is 17.3 Å². The molecule has 120 valence electrons. The second-order valence-corrected chi connectivity index (χ2v) is 6.97. The molecule has 1 saturated heterocycles. The number of urea groups is 1. The highest BCUT2D eigenvalue weighted by atomic mass is 16.5. The van der Waals surface area contributed by atoms with Crippen LogP contribution in [0.25, 0.3) is 0 Å². The number of aliphatic carboxylic acids is 1. The van der Waals surface area contributed by atoms with Crippen molar-refractivity contribution in [2.45, 2.75) is 45.8 Å². The zero-order chi connectivity index (χ0) is 15.8. The van der Waals surface area contributed by atoms with E-state index in [9.17, 15) is 9.59 Å². The van der Waals surface area contributed by atoms with Crippen LogP contribution in [0, 0.1) is 17.3 Å². The largest absolute Gasteiger partial charge is 0.481 e. The molecule has 0 radical (unpaired) electrons. The van der Waals surface area contributed by atoms with Crippen LogP contribution in [0.15, 0.2) is 0 Å². The van der Waals surface area contributed by atoms with Crippen LogP contribution in [0.4, 0.5) is 4.79 Å². The Morgan fingerprint density at radius 1 is 1.48 bits per heavy atom. The molecule has 0 aromatic heterocycles. The van der Waals surface area contributed by atoms with E-state index in [2.05, 4.69) is 19.2 Å². The highest BCUT2D eigenvalue weighted by Gasteiger charge is 2.58. The van der Waals surface area contributed by atoms with Gasteiger partial charge in [0.15, 0.2) is 0 Å². The first-order valence-electron chi connectivity index (χ1n) is 7.61. The number of amides is 2. The van der Waals surface area contributed by atoms with Gasteiger partial charge in [0.05, 0.1) is 12.0 Å². The van der Waals surface area contributed by atoms with Gasteiger partial charge in [-0.3, -0.25) is 4.79 Å². The van der Waals surface area contributed by atoms with Crippen LogP contribution >= 0.6 is 0 Å². The Morgan fingerprint density at radius 2 is 2.14 bits per heavy atom. The van der Waals surface area contributed by atoms with Crippen molar-refractivity contribution in [3.8, 4) is 0 Å². The van der Waals surface area contributed by atoms with E-state index in [-0.39, 0.29) is 30.1 Å². The number of carbonyl (C=O) groups is 2. The van der Waals surface area contributed by atoms with Crippen LogP contribution in [0.2, 0.25) is 0 Å². The fourth-order valence-corrected chi connectivity index (χ4v) is 3.63. The van der Waals surface area contributed by atoms with E-state index in [4.69, 9.17) is 9.84 Å². The normalized spacial score (nSPS) is 31.5. The van der Waals surface area contributed by atoms with Crippen LogP contribution in [-0.4, -0.2) is 54.4 Å². The molecule has 4 atom stereocenters. The summed E-state index contributed by atoms with van der Waals surface area (Å²) in [6.45, 7) is 6.85. The summed E-state index contributed by atoms with van der Waals surface area (Å²) in [7, 11) is 1.63. The molecular formula is C15H26N2O4. The van der Waals surface area contributed by atoms with Gasteiger partial charge in [0.1, 0.15) is 0 Å². The molecule has 2 N–H and O–H groups in total. The second-order valence-electron chi connectivity index (χ2n) is 6.97. The number of carboxylic acids is 1. The first-order valence-corrected chi connectivity index (χ1v) is 7.61. The lowest BCUT2D eigenvalue weighted by Gasteiger charge is -2.59. The molecule has 4 unspecified atom stereocenters. The van der Waals surface area contributed by atoms with Gasteiger partial charge in [0, 0.05) is 37.6 Å². The molecule has 0 aromatic carbocycles. The Bertz CT molecular complexity index is 424. The summed E-state index contributed by atoms with van der Waals surface area (Å²) in [6, 6.07) is -0.108. The number of carbonyl (C=O) groups excluding carboxylic acids is 1. The van der Waals surface area contributed by atoms with Gasteiger partial charge in [0.25, 0.3) is 0 Å². The maximum absolute atomic E-state index is 12.2. The Labute approximate surface area is 125 Å². The van der Waals surface area contributed by atoms with Gasteiger partial charge in [-0.2, -0.15) is 0 Å². The average molecular weight is 298 g/mol. The summed E-state index contributed by atoms with van der Waals surface area (Å²) in [4.78, 5) is 24.6. The van der Waals surface area contributed by atoms with E-state index in [1.807, 2.05) is 0 Å². The summed E-state index contributed by atoms with van der Waals surface area (Å²) in [5.41, 5.74) is -0.0694. The Morgan fingerprint density at radius 3 is 2.76 bits per heavy atom. The van der Waals surface area contributed by atoms with Gasteiger partial charge < -0.3 is 20.1 Å². The predicted octanol–water partition coefficient (Wildman–Crippen LogP) is 1.55. The molecule has 2 fully saturated rings. The number of fused-ring (bicyclic) bond motifs is 1. The minimum Gasteiger partial charge on any atom is -0.481 e. The van der Waals surface area contributed by atoms with Gasteiger partial charge in [0.2, 0.25) is 0 Å². The molecule has 1 saturated carbocycles. The lowest BCUT2D eigenvalue weighted by molar-refractivity contribution is -0.189. The summed E-state index contributed by atoms with van der Waals surface area (Å²) in [5.74, 6) is -1.08. The summed E-state index contributed by atoms with van der Waals surface area (Å²) >= 11 is 0. The first kappa shape index (κ1) is 16.1. The van der Waals surface area contributed by atoms with E-state index in [0.717, 1.165) is 19.4 Å². The highest BCUT2D eigenvalue weighted by molar-refractivity contribution is 5.76. The maximum atomic E-state index is 12.2. The van der Waals surface area contributed by atoms with E-state index in [1.54, 1.807) is 14.0 Å². The van der Waals surface area contributed by atoms with Crippen molar-refractivity contribution in [1.82, 2.24) is 10.2 Å². The minimum absolute atomic E-state index is 0.0694. The molecular weight excluding hydrogens is 272 g/mol. The number of carboxylic acid groups (broad SMARTS) is 1. The van der Waals surface area contributed by atoms with Gasteiger partial charge in [-0.25, -0.2) is 4.79 Å². The summed E-state index contributed by atoms with van der Waals surface area (Å²) in [6.07, 6.45) is 2.34. The number of nitrogens with one attached hydrogen (secondary N) is 1. The maximum Gasteiger partial charge on any atom is 0.317 e. The molecule has 2 amide bonds. The molecule has 0 spiro atoms. The van der Waals surface area contributed by atoms with Crippen LogP contribution in [-0.2, 0) is 9.53 Å². The summed E-state index contributed by atoms with van der Waals surface area (Å²) in [5, 5.41) is 12.0. The van der Waals surface area contributed by atoms with Crippen LogP contribution in [0.1, 0.15) is 33.6 Å². The van der Waals surface area contributed by atoms with Crippen molar-refractivity contribution < 1.29 is 19.4 Å². The van der Waals surface area contributed by atoms with E-state index >= 15 is 0 Å². The molecule has 0 aromatic rings. The Kier molecular flexibility index (Phi) is 4.46. The fourth-order valence-electron chi connectivity index (χ4n) is 3.63. The molecule has 0 bridgehead atoms. The van der Waals surface area contributed by atoms with Crippen molar-refractivity contribution in [3.63, 3.8) is 0 Å². The highest BCUT2D eigenvalue weighted by Crippen LogP contribution is 2.51. The van der Waals surface area contributed by atoms with Crippen molar-refractivity contribution >= 4 is 12.0 Å². The zero-order valence-corrected chi connectivity index (χ0v) is 13.3. The third-order valence-corrected chi connectivity index (χ3v) is 4.93. The summed E-state index contributed by atoms with van der Waals surface area (Å²) < 4.78 is 5.82. The second kappa shape index (κ2) is 5.83. The standard InChI is InChI=1S/C15H26N2O4/c1-9(13(18)19)8-17(4)14(20)16-11-10-6-5-7-21-12(10)15(11,2)3/h9-12H,5-8H2,1-4H3,(H,16,20)(H,18,19). The van der Waals surface area contributed by atoms with Gasteiger partial charge in [-0.05, 0) is 12.8 Å². The minimum atomic E-state index is -0.889. The number of hydrogen-bond donors (Lipinski definition) is 2. The van der Waals surface area contributed by atoms with E-state index < -0.39 is 11.9 Å². The van der Waals surface area contributed by atoms with Crippen LogP contribution in [0.5, 0.6) is 0 Å². The molecule has 1 aliphatic heterocycles. The van der Waals surface area contributed by atoms with Gasteiger partial charge in [-0.1, -0.05) is 20.8 Å². The van der Waals surface area contributed by atoms with Crippen LogP contribution in [0.3, 0.4) is 0 Å². The van der Waals surface area contributed by atoms with Crippen molar-refractivity contribution in [2.75, 3.05) is 20.2 Å². The van der Waals surface area contributed by atoms with Crippen LogP contribution < -0.4 is 5.32 Å². The SMILES string of the molecule is CC(CN(C)C(=O)NC1C2CCCOC2C1(C)C)C(=O)O. The van der Waals surface area contributed by atoms with E-state index in [0.29, 0.717) is 5.92 Å². The van der Waals surface area contributed by atoms with Gasteiger partial charge in [-0.15, -0.1) is 0 Å². The Balaban J connectivity index is 1.91. The number of rotatable bonds is 4. The smallest absolute Gasteiger partial charge is 0.317 e. The molecule has 2 rings (SSSR count). The molecule has 6 nitrogen and oxygen atoms in total. The topological polar surface area (TPSA) is 78.9 Å². The number of ether oxygens (including phenoxy) is 1. The Hall–Kier alpha value is -1.30. The van der Waals surface area contributed by atoms with E-state index in [1.165, 1.54) is 4.90 Å².